The molecular formula is C15H22N3O3+. The van der Waals surface area contributed by atoms with Gasteiger partial charge >= 0.3 is 0 Å². The van der Waals surface area contributed by atoms with Gasteiger partial charge in [0.25, 0.3) is 5.69 Å². The largest absolute Gasteiger partial charge is 0.347 e. The summed E-state index contributed by atoms with van der Waals surface area (Å²) in [5.74, 6) is -0.187. The lowest BCUT2D eigenvalue weighted by atomic mass is 10.2. The Balaban J connectivity index is 2.47. The number of non-ortho nitro benzene ring substituents is 1. The third-order valence-corrected chi connectivity index (χ3v) is 3.29. The van der Waals surface area contributed by atoms with Crippen molar-refractivity contribution in [1.82, 2.24) is 5.32 Å². The number of amides is 1. The molecule has 0 aliphatic heterocycles. The Bertz CT molecular complexity index is 511. The summed E-state index contributed by atoms with van der Waals surface area (Å²) in [5.41, 5.74) is 0.649. The first-order chi connectivity index (χ1) is 10.1. The van der Waals surface area contributed by atoms with Gasteiger partial charge in [0.15, 0.2) is 0 Å². The first-order valence-electron chi connectivity index (χ1n) is 7.10. The number of rotatable bonds is 8. The van der Waals surface area contributed by atoms with Crippen LogP contribution in [0, 0.1) is 10.1 Å². The smallest absolute Gasteiger partial charge is 0.270 e. The topological polar surface area (TPSA) is 76.7 Å². The second-order valence-corrected chi connectivity index (χ2v) is 4.68. The fraction of sp³-hybridized carbons (Fsp3) is 0.400. The van der Waals surface area contributed by atoms with Crippen LogP contribution in [0.25, 0.3) is 6.08 Å². The Morgan fingerprint density at radius 2 is 2.10 bits per heavy atom. The van der Waals surface area contributed by atoms with E-state index in [4.69, 9.17) is 0 Å². The quantitative estimate of drug-likeness (QED) is 0.419. The van der Waals surface area contributed by atoms with Crippen LogP contribution in [0.3, 0.4) is 0 Å². The molecule has 0 aliphatic carbocycles. The second-order valence-electron chi connectivity index (χ2n) is 4.68. The summed E-state index contributed by atoms with van der Waals surface area (Å²) >= 11 is 0. The average Bonchev–Trinajstić information content (AvgIpc) is 2.50. The van der Waals surface area contributed by atoms with Crippen LogP contribution in [0.1, 0.15) is 19.4 Å². The van der Waals surface area contributed by atoms with Crippen LogP contribution < -0.4 is 10.2 Å². The molecule has 0 saturated heterocycles. The predicted octanol–water partition coefficient (Wildman–Crippen LogP) is 0.649. The lowest BCUT2D eigenvalue weighted by Gasteiger charge is -2.14. The number of nitrogens with zero attached hydrogens (tertiary/aromatic N) is 1. The van der Waals surface area contributed by atoms with E-state index in [9.17, 15) is 14.9 Å². The number of nitro benzene ring substituents is 1. The molecule has 0 aliphatic rings. The van der Waals surface area contributed by atoms with Gasteiger partial charge < -0.3 is 10.2 Å². The monoisotopic (exact) mass is 292 g/mol. The maximum absolute atomic E-state index is 11.7. The highest BCUT2D eigenvalue weighted by Gasteiger charge is 2.05. The SMILES string of the molecule is CC[NH+](CC)CCNC(=O)C=Cc1cccc([N+](=O)[O-])c1. The third kappa shape index (κ3) is 6.18. The van der Waals surface area contributed by atoms with Crippen molar-refractivity contribution in [3.63, 3.8) is 0 Å². The van der Waals surface area contributed by atoms with Gasteiger partial charge in [0, 0.05) is 18.2 Å². The highest BCUT2D eigenvalue weighted by atomic mass is 16.6. The van der Waals surface area contributed by atoms with Crippen molar-refractivity contribution in [3.8, 4) is 0 Å². The zero-order chi connectivity index (χ0) is 15.7. The maximum Gasteiger partial charge on any atom is 0.270 e. The van der Waals surface area contributed by atoms with Gasteiger partial charge in [-0.05, 0) is 25.5 Å². The minimum atomic E-state index is -0.454. The van der Waals surface area contributed by atoms with E-state index in [1.165, 1.54) is 23.1 Å². The molecule has 0 unspecified atom stereocenters. The molecule has 6 heteroatoms. The van der Waals surface area contributed by atoms with Gasteiger partial charge in [-0.15, -0.1) is 0 Å². The Labute approximate surface area is 124 Å². The number of hydrogen-bond acceptors (Lipinski definition) is 3. The molecule has 0 radical (unpaired) electrons. The van der Waals surface area contributed by atoms with E-state index in [2.05, 4.69) is 19.2 Å². The molecule has 0 bridgehead atoms. The molecule has 0 aromatic heterocycles. The van der Waals surface area contributed by atoms with Gasteiger partial charge in [-0.3, -0.25) is 14.9 Å². The van der Waals surface area contributed by atoms with Gasteiger partial charge in [-0.1, -0.05) is 12.1 Å². The number of carbonyl (C=O) groups excluding carboxylic acids is 1. The molecule has 21 heavy (non-hydrogen) atoms. The van der Waals surface area contributed by atoms with E-state index >= 15 is 0 Å². The summed E-state index contributed by atoms with van der Waals surface area (Å²) in [7, 11) is 0. The van der Waals surface area contributed by atoms with Crippen molar-refractivity contribution in [2.75, 3.05) is 26.2 Å². The summed E-state index contributed by atoms with van der Waals surface area (Å²) in [6, 6.07) is 6.17. The van der Waals surface area contributed by atoms with Crippen LogP contribution in [0.4, 0.5) is 5.69 Å². The molecule has 1 aromatic carbocycles. The fourth-order valence-corrected chi connectivity index (χ4v) is 1.94. The van der Waals surface area contributed by atoms with Crippen molar-refractivity contribution in [1.29, 1.82) is 0 Å². The van der Waals surface area contributed by atoms with Gasteiger partial charge in [0.2, 0.25) is 5.91 Å². The highest BCUT2D eigenvalue weighted by Crippen LogP contribution is 2.13. The average molecular weight is 292 g/mol. The van der Waals surface area contributed by atoms with E-state index in [0.717, 1.165) is 19.6 Å². The molecule has 2 N–H and O–H groups in total. The minimum Gasteiger partial charge on any atom is -0.347 e. The molecule has 114 valence electrons. The first kappa shape index (κ1) is 16.8. The third-order valence-electron chi connectivity index (χ3n) is 3.29. The maximum atomic E-state index is 11.7. The van der Waals surface area contributed by atoms with Crippen LogP contribution in [0.2, 0.25) is 0 Å². The molecule has 0 spiro atoms. The van der Waals surface area contributed by atoms with E-state index in [1.54, 1.807) is 18.2 Å². The number of benzene rings is 1. The van der Waals surface area contributed by atoms with Gasteiger partial charge in [0.05, 0.1) is 31.1 Å². The summed E-state index contributed by atoms with van der Waals surface area (Å²) < 4.78 is 0. The lowest BCUT2D eigenvalue weighted by molar-refractivity contribution is -0.895. The second kappa shape index (κ2) is 8.86. The van der Waals surface area contributed by atoms with Crippen LogP contribution in [-0.2, 0) is 4.79 Å². The number of quaternary nitrogens is 1. The van der Waals surface area contributed by atoms with E-state index in [-0.39, 0.29) is 11.6 Å². The van der Waals surface area contributed by atoms with Crippen LogP contribution in [0.5, 0.6) is 0 Å². The Morgan fingerprint density at radius 1 is 1.38 bits per heavy atom. The molecule has 0 heterocycles. The van der Waals surface area contributed by atoms with Crippen LogP contribution >= 0.6 is 0 Å². The Kier molecular flexibility index (Phi) is 7.11. The number of nitro groups is 1. The van der Waals surface area contributed by atoms with Crippen molar-refractivity contribution in [3.05, 3.63) is 46.0 Å². The molecule has 1 amide bonds. The van der Waals surface area contributed by atoms with E-state index in [0.29, 0.717) is 12.1 Å². The summed E-state index contributed by atoms with van der Waals surface area (Å²) in [5, 5.41) is 13.5. The van der Waals surface area contributed by atoms with Crippen LogP contribution in [0.15, 0.2) is 30.3 Å². The molecule has 0 atom stereocenters. The minimum absolute atomic E-state index is 0.0164. The van der Waals surface area contributed by atoms with Crippen molar-refractivity contribution in [2.45, 2.75) is 13.8 Å². The number of carbonyl (C=O) groups is 1. The molecule has 6 nitrogen and oxygen atoms in total. The summed E-state index contributed by atoms with van der Waals surface area (Å²) in [6.45, 7) is 7.82. The molecule has 1 aromatic rings. The standard InChI is InChI=1S/C15H21N3O3/c1-3-17(4-2)11-10-16-15(19)9-8-13-6-5-7-14(12-13)18(20)21/h5-9,12H,3-4,10-11H2,1-2H3,(H,16,19)/p+1. The predicted molar refractivity (Wildman–Crippen MR) is 82.1 cm³/mol. The van der Waals surface area contributed by atoms with E-state index < -0.39 is 4.92 Å². The zero-order valence-electron chi connectivity index (χ0n) is 12.5. The lowest BCUT2D eigenvalue weighted by Crippen LogP contribution is -3.12. The number of nitrogens with one attached hydrogen (secondary N) is 2. The van der Waals surface area contributed by atoms with Gasteiger partial charge in [-0.25, -0.2) is 0 Å². The molecule has 0 fully saturated rings. The first-order valence-corrected chi connectivity index (χ1v) is 7.10. The number of likely N-dealkylation sites (N-methyl/N-ethyl adjacent to an activating group) is 1. The van der Waals surface area contributed by atoms with Crippen LogP contribution in [-0.4, -0.2) is 37.0 Å². The summed E-state index contributed by atoms with van der Waals surface area (Å²) in [6.07, 6.45) is 2.98. The van der Waals surface area contributed by atoms with Gasteiger partial charge in [-0.2, -0.15) is 0 Å². The van der Waals surface area contributed by atoms with Crippen molar-refractivity contribution >= 4 is 17.7 Å². The molecule has 0 saturated carbocycles. The Hall–Kier alpha value is -2.21. The zero-order valence-corrected chi connectivity index (χ0v) is 12.5. The highest BCUT2D eigenvalue weighted by molar-refractivity contribution is 5.91. The van der Waals surface area contributed by atoms with E-state index in [1.807, 2.05) is 0 Å². The fourth-order valence-electron chi connectivity index (χ4n) is 1.94. The summed E-state index contributed by atoms with van der Waals surface area (Å²) in [4.78, 5) is 23.3. The normalized spacial score (nSPS) is 11.0. The van der Waals surface area contributed by atoms with Crippen molar-refractivity contribution in [2.24, 2.45) is 0 Å². The van der Waals surface area contributed by atoms with Gasteiger partial charge in [0.1, 0.15) is 0 Å². The number of hydrogen-bond donors (Lipinski definition) is 2. The molecular weight excluding hydrogens is 270 g/mol. The Morgan fingerprint density at radius 3 is 2.71 bits per heavy atom. The molecule has 1 rings (SSSR count). The van der Waals surface area contributed by atoms with Crippen molar-refractivity contribution < 1.29 is 14.6 Å².